The molecule has 5 heteroatoms. The number of aryl methyl sites for hydroxylation is 1. The first-order chi connectivity index (χ1) is 13.6. The summed E-state index contributed by atoms with van der Waals surface area (Å²) in [6.45, 7) is 2.07. The van der Waals surface area contributed by atoms with Gasteiger partial charge in [0.15, 0.2) is 11.4 Å². The van der Waals surface area contributed by atoms with Crippen LogP contribution in [-0.4, -0.2) is 20.4 Å². The van der Waals surface area contributed by atoms with Crippen molar-refractivity contribution >= 4 is 23.0 Å². The highest BCUT2D eigenvalue weighted by Crippen LogP contribution is 2.33. The Balaban J connectivity index is 1.59. The third-order valence-electron chi connectivity index (χ3n) is 5.43. The molecule has 1 unspecified atom stereocenters. The van der Waals surface area contributed by atoms with Crippen LogP contribution in [0.1, 0.15) is 39.5 Å². The number of carbonyl (C=O) groups is 1. The predicted molar refractivity (Wildman–Crippen MR) is 110 cm³/mol. The summed E-state index contributed by atoms with van der Waals surface area (Å²) in [5, 5.41) is 5.08. The van der Waals surface area contributed by atoms with Gasteiger partial charge in [-0.3, -0.25) is 4.79 Å². The van der Waals surface area contributed by atoms with Gasteiger partial charge < -0.3 is 0 Å². The third kappa shape index (κ3) is 2.90. The van der Waals surface area contributed by atoms with E-state index in [-0.39, 0.29) is 11.7 Å². The van der Waals surface area contributed by atoms with Gasteiger partial charge in [-0.05, 0) is 42.5 Å². The molecule has 1 aliphatic carbocycles. The highest BCUT2D eigenvalue weighted by atomic mass is 35.5. The molecule has 0 saturated carbocycles. The number of Topliss-reactive ketones (excluding diaryl/α,β-unsaturated/α-hetero) is 1. The second-order valence-corrected chi connectivity index (χ2v) is 7.81. The lowest BCUT2D eigenvalue weighted by atomic mass is 9.82. The minimum absolute atomic E-state index is 0.126. The minimum Gasteiger partial charge on any atom is -0.294 e. The zero-order chi connectivity index (χ0) is 19.3. The fourth-order valence-electron chi connectivity index (χ4n) is 3.91. The molecule has 1 atom stereocenters. The molecule has 0 fully saturated rings. The van der Waals surface area contributed by atoms with Crippen LogP contribution in [0.25, 0.3) is 16.8 Å². The molecule has 0 radical (unpaired) electrons. The standard InChI is InChI=1S/C23H18ClN3O/c1-14-5-7-15(8-6-14)17-10-21-20(22(28)11-17)13-27-23(26-21)19(12-25-27)16-3-2-4-18(24)9-16/h2-9,12-13,17H,10-11H2,1H3. The van der Waals surface area contributed by atoms with E-state index >= 15 is 0 Å². The smallest absolute Gasteiger partial charge is 0.166 e. The molecule has 2 aromatic heterocycles. The number of ketones is 1. The molecule has 28 heavy (non-hydrogen) atoms. The van der Waals surface area contributed by atoms with Gasteiger partial charge in [-0.15, -0.1) is 0 Å². The molecule has 2 aromatic carbocycles. The van der Waals surface area contributed by atoms with Gasteiger partial charge in [0.1, 0.15) is 0 Å². The van der Waals surface area contributed by atoms with E-state index in [4.69, 9.17) is 16.6 Å². The van der Waals surface area contributed by atoms with Gasteiger partial charge in [-0.1, -0.05) is 53.6 Å². The van der Waals surface area contributed by atoms with E-state index in [0.717, 1.165) is 28.9 Å². The van der Waals surface area contributed by atoms with E-state index in [0.29, 0.717) is 17.0 Å². The maximum atomic E-state index is 12.8. The number of halogens is 1. The normalized spacial score (nSPS) is 16.4. The number of rotatable bonds is 2. The summed E-state index contributed by atoms with van der Waals surface area (Å²) in [7, 11) is 0. The van der Waals surface area contributed by atoms with Crippen molar-refractivity contribution in [2.75, 3.05) is 0 Å². The molecular weight excluding hydrogens is 370 g/mol. The van der Waals surface area contributed by atoms with E-state index < -0.39 is 0 Å². The minimum atomic E-state index is 0.126. The van der Waals surface area contributed by atoms with Crippen molar-refractivity contribution in [3.8, 4) is 11.1 Å². The van der Waals surface area contributed by atoms with Crippen LogP contribution in [0.3, 0.4) is 0 Å². The van der Waals surface area contributed by atoms with Crippen LogP contribution in [0, 0.1) is 6.92 Å². The summed E-state index contributed by atoms with van der Waals surface area (Å²) in [4.78, 5) is 17.7. The molecule has 5 rings (SSSR count). The fourth-order valence-corrected chi connectivity index (χ4v) is 4.10. The maximum Gasteiger partial charge on any atom is 0.166 e. The molecule has 0 saturated heterocycles. The lowest BCUT2D eigenvalue weighted by Gasteiger charge is -2.23. The topological polar surface area (TPSA) is 47.3 Å². The second kappa shape index (κ2) is 6.57. The van der Waals surface area contributed by atoms with Gasteiger partial charge in [0.25, 0.3) is 0 Å². The van der Waals surface area contributed by atoms with Crippen LogP contribution in [0.4, 0.5) is 0 Å². The predicted octanol–water partition coefficient (Wildman–Crippen LogP) is 5.27. The Morgan fingerprint density at radius 3 is 2.68 bits per heavy atom. The zero-order valence-electron chi connectivity index (χ0n) is 15.4. The number of nitrogens with zero attached hydrogens (tertiary/aromatic N) is 3. The van der Waals surface area contributed by atoms with E-state index in [1.165, 1.54) is 11.1 Å². The van der Waals surface area contributed by atoms with Crippen LogP contribution in [0.15, 0.2) is 60.9 Å². The van der Waals surface area contributed by atoms with Crippen LogP contribution in [0.2, 0.25) is 5.02 Å². The molecule has 2 heterocycles. The first-order valence-electron chi connectivity index (χ1n) is 9.31. The number of carbonyl (C=O) groups excluding carboxylic acids is 1. The molecule has 138 valence electrons. The third-order valence-corrected chi connectivity index (χ3v) is 5.66. The molecule has 4 aromatic rings. The van der Waals surface area contributed by atoms with E-state index in [1.807, 2.05) is 30.5 Å². The first kappa shape index (κ1) is 17.1. The first-order valence-corrected chi connectivity index (χ1v) is 9.69. The largest absolute Gasteiger partial charge is 0.294 e. The number of aromatic nitrogens is 3. The highest BCUT2D eigenvalue weighted by Gasteiger charge is 2.28. The monoisotopic (exact) mass is 387 g/mol. The second-order valence-electron chi connectivity index (χ2n) is 7.38. The van der Waals surface area contributed by atoms with Crippen molar-refractivity contribution in [2.24, 2.45) is 0 Å². The average molecular weight is 388 g/mol. The van der Waals surface area contributed by atoms with Crippen LogP contribution >= 0.6 is 11.6 Å². The van der Waals surface area contributed by atoms with Crippen molar-refractivity contribution < 1.29 is 4.79 Å². The SMILES string of the molecule is Cc1ccc(C2CC(=O)c3cn4ncc(-c5cccc(Cl)c5)c4nc3C2)cc1. The lowest BCUT2D eigenvalue weighted by Crippen LogP contribution is -2.21. The van der Waals surface area contributed by atoms with Gasteiger partial charge in [-0.25, -0.2) is 9.50 Å². The summed E-state index contributed by atoms with van der Waals surface area (Å²) < 4.78 is 1.69. The average Bonchev–Trinajstić information content (AvgIpc) is 3.10. The molecular formula is C23H18ClN3O. The van der Waals surface area contributed by atoms with Crippen molar-refractivity contribution in [1.82, 2.24) is 14.6 Å². The van der Waals surface area contributed by atoms with Gasteiger partial charge in [0.05, 0.1) is 17.5 Å². The molecule has 4 nitrogen and oxygen atoms in total. The van der Waals surface area contributed by atoms with Crippen molar-refractivity contribution in [3.63, 3.8) is 0 Å². The molecule has 0 spiro atoms. The zero-order valence-corrected chi connectivity index (χ0v) is 16.1. The molecule has 0 N–H and O–H groups in total. The van der Waals surface area contributed by atoms with Crippen LogP contribution in [-0.2, 0) is 6.42 Å². The number of hydrogen-bond acceptors (Lipinski definition) is 3. The maximum absolute atomic E-state index is 12.8. The van der Waals surface area contributed by atoms with E-state index in [2.05, 4.69) is 36.3 Å². The Bertz CT molecular complexity index is 1210. The van der Waals surface area contributed by atoms with Crippen molar-refractivity contribution in [1.29, 1.82) is 0 Å². The Morgan fingerprint density at radius 1 is 1.07 bits per heavy atom. The Kier molecular flexibility index (Phi) is 4.02. The summed E-state index contributed by atoms with van der Waals surface area (Å²) in [5.74, 6) is 0.286. The number of hydrogen-bond donors (Lipinski definition) is 0. The summed E-state index contributed by atoms with van der Waals surface area (Å²) >= 11 is 6.15. The Hall–Kier alpha value is -2.98. The van der Waals surface area contributed by atoms with E-state index in [1.54, 1.807) is 10.7 Å². The van der Waals surface area contributed by atoms with Gasteiger partial charge in [0.2, 0.25) is 0 Å². The van der Waals surface area contributed by atoms with Gasteiger partial charge >= 0.3 is 0 Å². The summed E-state index contributed by atoms with van der Waals surface area (Å²) in [6, 6.07) is 16.1. The Labute approximate surface area is 167 Å². The van der Waals surface area contributed by atoms with Crippen molar-refractivity contribution in [2.45, 2.75) is 25.7 Å². The molecule has 0 amide bonds. The fraction of sp³-hybridized carbons (Fsp3) is 0.174. The number of benzene rings is 2. The Morgan fingerprint density at radius 2 is 1.89 bits per heavy atom. The lowest BCUT2D eigenvalue weighted by molar-refractivity contribution is 0.0962. The quantitative estimate of drug-likeness (QED) is 0.470. The summed E-state index contributed by atoms with van der Waals surface area (Å²) in [6.07, 6.45) is 4.85. The van der Waals surface area contributed by atoms with Gasteiger partial charge in [-0.2, -0.15) is 5.10 Å². The molecule has 1 aliphatic rings. The van der Waals surface area contributed by atoms with Crippen LogP contribution in [0.5, 0.6) is 0 Å². The van der Waals surface area contributed by atoms with Crippen molar-refractivity contribution in [3.05, 3.63) is 88.3 Å². The molecule has 0 bridgehead atoms. The van der Waals surface area contributed by atoms with Gasteiger partial charge in [0, 0.05) is 23.2 Å². The van der Waals surface area contributed by atoms with E-state index in [9.17, 15) is 4.79 Å². The molecule has 0 aliphatic heterocycles. The summed E-state index contributed by atoms with van der Waals surface area (Å²) in [5.41, 5.74) is 6.56. The number of fused-ring (bicyclic) bond motifs is 2. The van der Waals surface area contributed by atoms with Crippen LogP contribution < -0.4 is 0 Å². The highest BCUT2D eigenvalue weighted by molar-refractivity contribution is 6.30.